The number of benzene rings is 1. The zero-order valence-electron chi connectivity index (χ0n) is 8.91. The first-order chi connectivity index (χ1) is 7.75. The number of carbonyl (C=O) groups excluding carboxylic acids is 1. The van der Waals surface area contributed by atoms with E-state index < -0.39 is 0 Å². The van der Waals surface area contributed by atoms with Crippen molar-refractivity contribution in [2.24, 2.45) is 5.73 Å². The van der Waals surface area contributed by atoms with Crippen LogP contribution in [0.15, 0.2) is 28.7 Å². The normalized spacial score (nSPS) is 10.1. The molecule has 0 radical (unpaired) electrons. The summed E-state index contributed by atoms with van der Waals surface area (Å²) in [6.07, 6.45) is 0. The number of nitrogens with one attached hydrogen (secondary N) is 1. The maximum absolute atomic E-state index is 11.7. The van der Waals surface area contributed by atoms with Crippen molar-refractivity contribution in [1.29, 1.82) is 0 Å². The molecule has 3 N–H and O–H groups in total. The van der Waals surface area contributed by atoms with Crippen LogP contribution in [0.1, 0.15) is 10.4 Å². The second kappa shape index (κ2) is 7.38. The third-order valence-corrected chi connectivity index (χ3v) is 2.60. The molecular formula is C11H15BrN2O2. The maximum atomic E-state index is 11.7. The van der Waals surface area contributed by atoms with E-state index in [4.69, 9.17) is 10.5 Å². The summed E-state index contributed by atoms with van der Waals surface area (Å²) in [6.45, 7) is 1.98. The van der Waals surface area contributed by atoms with E-state index in [1.165, 1.54) is 0 Å². The molecule has 0 saturated carbocycles. The topological polar surface area (TPSA) is 64.3 Å². The molecule has 5 heteroatoms. The van der Waals surface area contributed by atoms with Crippen LogP contribution in [0.5, 0.6) is 0 Å². The van der Waals surface area contributed by atoms with Gasteiger partial charge in [-0.15, -0.1) is 0 Å². The number of hydrogen-bond donors (Lipinski definition) is 2. The Kier molecular flexibility index (Phi) is 6.07. The number of halogens is 1. The number of amides is 1. The Morgan fingerprint density at radius 2 is 2.12 bits per heavy atom. The highest BCUT2D eigenvalue weighted by atomic mass is 79.9. The molecule has 0 atom stereocenters. The first-order valence-corrected chi connectivity index (χ1v) is 5.85. The van der Waals surface area contributed by atoms with Gasteiger partial charge in [0.1, 0.15) is 0 Å². The van der Waals surface area contributed by atoms with E-state index >= 15 is 0 Å². The van der Waals surface area contributed by atoms with Gasteiger partial charge in [-0.1, -0.05) is 12.1 Å². The second-order valence-corrected chi connectivity index (χ2v) is 3.99. The molecular weight excluding hydrogens is 272 g/mol. The highest BCUT2D eigenvalue weighted by Crippen LogP contribution is 2.15. The van der Waals surface area contributed by atoms with Gasteiger partial charge in [-0.25, -0.2) is 0 Å². The lowest BCUT2D eigenvalue weighted by molar-refractivity contribution is 0.0919. The minimum absolute atomic E-state index is 0.108. The molecule has 88 valence electrons. The Balaban J connectivity index is 2.33. The number of rotatable bonds is 6. The fourth-order valence-electron chi connectivity index (χ4n) is 1.16. The molecule has 1 aromatic carbocycles. The minimum Gasteiger partial charge on any atom is -0.378 e. The van der Waals surface area contributed by atoms with Crippen LogP contribution in [0.25, 0.3) is 0 Å². The van der Waals surface area contributed by atoms with Crippen molar-refractivity contribution in [3.05, 3.63) is 34.3 Å². The van der Waals surface area contributed by atoms with E-state index in [1.54, 1.807) is 6.07 Å². The van der Waals surface area contributed by atoms with Crippen molar-refractivity contribution in [3.8, 4) is 0 Å². The molecule has 0 heterocycles. The summed E-state index contributed by atoms with van der Waals surface area (Å²) in [4.78, 5) is 11.7. The Bertz CT molecular complexity index is 345. The van der Waals surface area contributed by atoms with Crippen molar-refractivity contribution in [1.82, 2.24) is 5.32 Å². The lowest BCUT2D eigenvalue weighted by atomic mass is 10.2. The molecule has 0 unspecified atom stereocenters. The molecule has 4 nitrogen and oxygen atoms in total. The van der Waals surface area contributed by atoms with Crippen LogP contribution >= 0.6 is 15.9 Å². The molecule has 0 saturated heterocycles. The molecule has 0 aliphatic rings. The summed E-state index contributed by atoms with van der Waals surface area (Å²) in [5.41, 5.74) is 5.89. The highest BCUT2D eigenvalue weighted by molar-refractivity contribution is 9.10. The molecule has 0 aromatic heterocycles. The summed E-state index contributed by atoms with van der Waals surface area (Å²) in [5, 5.41) is 2.76. The van der Waals surface area contributed by atoms with Gasteiger partial charge in [0.15, 0.2) is 0 Å². The Morgan fingerprint density at radius 1 is 1.38 bits per heavy atom. The smallest absolute Gasteiger partial charge is 0.252 e. The van der Waals surface area contributed by atoms with Gasteiger partial charge >= 0.3 is 0 Å². The molecule has 1 rings (SSSR count). The van der Waals surface area contributed by atoms with E-state index in [1.807, 2.05) is 18.2 Å². The molecule has 0 aliphatic carbocycles. The molecule has 1 aromatic rings. The predicted octanol–water partition coefficient (Wildman–Crippen LogP) is 1.15. The molecule has 0 aliphatic heterocycles. The van der Waals surface area contributed by atoms with Gasteiger partial charge < -0.3 is 15.8 Å². The number of ether oxygens (including phenoxy) is 1. The fourth-order valence-corrected chi connectivity index (χ4v) is 1.63. The van der Waals surface area contributed by atoms with Crippen LogP contribution < -0.4 is 11.1 Å². The molecule has 0 bridgehead atoms. The Hall–Kier alpha value is -0.910. The quantitative estimate of drug-likeness (QED) is 0.772. The second-order valence-electron chi connectivity index (χ2n) is 3.14. The van der Waals surface area contributed by atoms with Gasteiger partial charge in [-0.3, -0.25) is 4.79 Å². The lowest BCUT2D eigenvalue weighted by Gasteiger charge is -2.06. The Labute approximate surface area is 103 Å². The van der Waals surface area contributed by atoms with Crippen LogP contribution in [0.4, 0.5) is 0 Å². The Morgan fingerprint density at radius 3 is 2.81 bits per heavy atom. The van der Waals surface area contributed by atoms with Crippen LogP contribution in [0.3, 0.4) is 0 Å². The standard InChI is InChI=1S/C11H15BrN2O2/c12-10-4-2-1-3-9(10)11(15)14-6-8-16-7-5-13/h1-4H,5-8,13H2,(H,14,15). The van der Waals surface area contributed by atoms with Crippen LogP contribution in [0.2, 0.25) is 0 Å². The monoisotopic (exact) mass is 286 g/mol. The average molecular weight is 287 g/mol. The van der Waals surface area contributed by atoms with Gasteiger partial charge in [0, 0.05) is 17.6 Å². The number of hydrogen-bond acceptors (Lipinski definition) is 3. The number of nitrogens with two attached hydrogens (primary N) is 1. The lowest BCUT2D eigenvalue weighted by Crippen LogP contribution is -2.28. The zero-order valence-corrected chi connectivity index (χ0v) is 10.5. The van der Waals surface area contributed by atoms with E-state index in [-0.39, 0.29) is 5.91 Å². The first kappa shape index (κ1) is 13.2. The van der Waals surface area contributed by atoms with Gasteiger partial charge in [-0.05, 0) is 28.1 Å². The fraction of sp³-hybridized carbons (Fsp3) is 0.364. The zero-order chi connectivity index (χ0) is 11.8. The van der Waals surface area contributed by atoms with Crippen molar-refractivity contribution >= 4 is 21.8 Å². The van der Waals surface area contributed by atoms with Crippen LogP contribution in [-0.4, -0.2) is 32.2 Å². The van der Waals surface area contributed by atoms with Gasteiger partial charge in [0.2, 0.25) is 0 Å². The van der Waals surface area contributed by atoms with E-state index in [9.17, 15) is 4.79 Å². The van der Waals surface area contributed by atoms with Crippen LogP contribution in [0, 0.1) is 0 Å². The molecule has 1 amide bonds. The van der Waals surface area contributed by atoms with Gasteiger partial charge in [0.05, 0.1) is 18.8 Å². The highest BCUT2D eigenvalue weighted by Gasteiger charge is 2.07. The largest absolute Gasteiger partial charge is 0.378 e. The van der Waals surface area contributed by atoms with Crippen LogP contribution in [-0.2, 0) is 4.74 Å². The molecule has 0 fully saturated rings. The first-order valence-electron chi connectivity index (χ1n) is 5.06. The summed E-state index contributed by atoms with van der Waals surface area (Å²) < 4.78 is 5.94. The summed E-state index contributed by atoms with van der Waals surface area (Å²) in [6, 6.07) is 7.29. The van der Waals surface area contributed by atoms with Gasteiger partial charge in [-0.2, -0.15) is 0 Å². The minimum atomic E-state index is -0.108. The molecule has 16 heavy (non-hydrogen) atoms. The average Bonchev–Trinajstić information content (AvgIpc) is 2.29. The summed E-state index contributed by atoms with van der Waals surface area (Å²) >= 11 is 3.32. The van der Waals surface area contributed by atoms with Crippen molar-refractivity contribution in [3.63, 3.8) is 0 Å². The summed E-state index contributed by atoms with van der Waals surface area (Å²) in [5.74, 6) is -0.108. The van der Waals surface area contributed by atoms with E-state index in [0.29, 0.717) is 31.9 Å². The third-order valence-electron chi connectivity index (χ3n) is 1.91. The third kappa shape index (κ3) is 4.30. The SMILES string of the molecule is NCCOCCNC(=O)c1ccccc1Br. The summed E-state index contributed by atoms with van der Waals surface area (Å²) in [7, 11) is 0. The van der Waals surface area contributed by atoms with Crippen molar-refractivity contribution in [2.45, 2.75) is 0 Å². The predicted molar refractivity (Wildman–Crippen MR) is 66.3 cm³/mol. The van der Waals surface area contributed by atoms with Gasteiger partial charge in [0.25, 0.3) is 5.91 Å². The van der Waals surface area contributed by atoms with Crippen molar-refractivity contribution < 1.29 is 9.53 Å². The number of carbonyl (C=O) groups is 1. The van der Waals surface area contributed by atoms with E-state index in [0.717, 1.165) is 4.47 Å². The van der Waals surface area contributed by atoms with Crippen molar-refractivity contribution in [2.75, 3.05) is 26.3 Å². The molecule has 0 spiro atoms. The van der Waals surface area contributed by atoms with E-state index in [2.05, 4.69) is 21.2 Å². The maximum Gasteiger partial charge on any atom is 0.252 e.